The summed E-state index contributed by atoms with van der Waals surface area (Å²) in [5, 5.41) is 0. The van der Waals surface area contributed by atoms with E-state index in [-0.39, 0.29) is 0 Å². The Morgan fingerprint density at radius 1 is 0.867 bits per heavy atom. The molecule has 3 aliphatic rings. The molecule has 0 saturated carbocycles. The van der Waals surface area contributed by atoms with E-state index < -0.39 is 5.60 Å². The number of fused-ring (bicyclic) bond motifs is 1. The molecule has 1 aromatic carbocycles. The quantitative estimate of drug-likeness (QED) is 0.517. The molecule has 4 rings (SSSR count). The zero-order valence-corrected chi connectivity index (χ0v) is 19.5. The molecule has 0 spiro atoms. The van der Waals surface area contributed by atoms with Crippen LogP contribution in [0.1, 0.15) is 43.0 Å². The van der Waals surface area contributed by atoms with Crippen LogP contribution in [0.2, 0.25) is 0 Å². The number of ether oxygens (including phenoxy) is 1. The van der Waals surface area contributed by atoms with Crippen molar-refractivity contribution in [2.45, 2.75) is 47.1 Å². The van der Waals surface area contributed by atoms with Crippen molar-refractivity contribution in [1.29, 1.82) is 0 Å². The molecule has 1 aromatic rings. The minimum absolute atomic E-state index is 0.447. The Bertz CT molecular complexity index is 1130. The SMILES string of the molecule is CC1=CC2(C)OC(=C3C=CC(=[N+](C)C)C=C3)C(c3c(C)cc(C)cc3C)=C2C(C)=C1. The van der Waals surface area contributed by atoms with Gasteiger partial charge in [0.1, 0.15) is 19.9 Å². The van der Waals surface area contributed by atoms with E-state index >= 15 is 0 Å². The summed E-state index contributed by atoms with van der Waals surface area (Å²) in [5.41, 5.74) is 12.1. The fourth-order valence-electron chi connectivity index (χ4n) is 5.18. The van der Waals surface area contributed by atoms with Crippen molar-refractivity contribution >= 4 is 11.3 Å². The third-order valence-electron chi connectivity index (χ3n) is 6.20. The molecule has 2 nitrogen and oxygen atoms in total. The number of nitrogens with zero attached hydrogens (tertiary/aromatic N) is 1. The standard InChI is InChI=1S/C28H32NO/c1-17-13-19(3)24(20(4)14-17)25-26-21(5)15-18(2)16-28(26,6)30-27(25)22-9-11-23(12-10-22)29(7)8/h9-16H,1-8H3/q+1. The molecule has 1 heterocycles. The summed E-state index contributed by atoms with van der Waals surface area (Å²) in [5.74, 6) is 0.978. The smallest absolute Gasteiger partial charge is 0.199 e. The van der Waals surface area contributed by atoms with Gasteiger partial charge in [0.05, 0.1) is 0 Å². The second kappa shape index (κ2) is 7.12. The molecule has 0 bridgehead atoms. The van der Waals surface area contributed by atoms with Gasteiger partial charge in [-0.1, -0.05) is 29.3 Å². The molecule has 2 heteroatoms. The topological polar surface area (TPSA) is 12.2 Å². The highest BCUT2D eigenvalue weighted by molar-refractivity contribution is 6.03. The van der Waals surface area contributed by atoms with Crippen molar-refractivity contribution in [3.8, 4) is 0 Å². The third kappa shape index (κ3) is 3.25. The van der Waals surface area contributed by atoms with Crippen LogP contribution in [0.4, 0.5) is 0 Å². The predicted octanol–water partition coefficient (Wildman–Crippen LogP) is 6.15. The molecule has 0 radical (unpaired) electrons. The van der Waals surface area contributed by atoms with E-state index in [2.05, 4.69) is 109 Å². The van der Waals surface area contributed by atoms with Crippen molar-refractivity contribution in [3.05, 3.63) is 98.9 Å². The summed E-state index contributed by atoms with van der Waals surface area (Å²) in [7, 11) is 4.13. The van der Waals surface area contributed by atoms with Gasteiger partial charge in [-0.05, 0) is 82.0 Å². The van der Waals surface area contributed by atoms with E-state index in [1.54, 1.807) is 0 Å². The zero-order chi connectivity index (χ0) is 21.8. The van der Waals surface area contributed by atoms with Crippen molar-refractivity contribution in [3.63, 3.8) is 0 Å². The summed E-state index contributed by atoms with van der Waals surface area (Å²) in [6.07, 6.45) is 13.2. The molecule has 0 saturated heterocycles. The second-order valence-corrected chi connectivity index (χ2v) is 9.22. The van der Waals surface area contributed by atoms with Crippen LogP contribution in [0, 0.1) is 20.8 Å². The molecule has 1 atom stereocenters. The van der Waals surface area contributed by atoms with Gasteiger partial charge in [-0.2, -0.15) is 0 Å². The first kappa shape index (κ1) is 20.4. The Hall–Kier alpha value is -2.87. The summed E-state index contributed by atoms with van der Waals surface area (Å²) in [4.78, 5) is 0. The lowest BCUT2D eigenvalue weighted by Crippen LogP contribution is -2.27. The summed E-state index contributed by atoms with van der Waals surface area (Å²) in [6, 6.07) is 4.56. The molecular weight excluding hydrogens is 366 g/mol. The minimum atomic E-state index is -0.447. The lowest BCUT2D eigenvalue weighted by molar-refractivity contribution is -0.462. The maximum absolute atomic E-state index is 6.80. The fraction of sp³-hybridized carbons (Fsp3) is 0.321. The van der Waals surface area contributed by atoms with E-state index in [9.17, 15) is 0 Å². The number of allylic oxidation sites excluding steroid dienone is 8. The highest BCUT2D eigenvalue weighted by atomic mass is 16.5. The normalized spacial score (nSPS) is 22.9. The monoisotopic (exact) mass is 398 g/mol. The van der Waals surface area contributed by atoms with Crippen LogP contribution < -0.4 is 0 Å². The number of aryl methyl sites for hydroxylation is 3. The van der Waals surface area contributed by atoms with E-state index in [4.69, 9.17) is 4.74 Å². The van der Waals surface area contributed by atoms with Gasteiger partial charge in [-0.15, -0.1) is 0 Å². The number of rotatable bonds is 1. The maximum atomic E-state index is 6.80. The zero-order valence-electron chi connectivity index (χ0n) is 19.5. The largest absolute Gasteiger partial charge is 0.477 e. The van der Waals surface area contributed by atoms with Crippen molar-refractivity contribution in [2.24, 2.45) is 0 Å². The molecule has 1 unspecified atom stereocenters. The van der Waals surface area contributed by atoms with Gasteiger partial charge >= 0.3 is 0 Å². The van der Waals surface area contributed by atoms with Crippen LogP contribution in [0.25, 0.3) is 5.57 Å². The third-order valence-corrected chi connectivity index (χ3v) is 6.20. The molecule has 30 heavy (non-hydrogen) atoms. The van der Waals surface area contributed by atoms with Gasteiger partial charge in [0, 0.05) is 28.9 Å². The first-order chi connectivity index (χ1) is 14.1. The molecular formula is C28H32NO+. The van der Waals surface area contributed by atoms with Gasteiger partial charge < -0.3 is 4.74 Å². The lowest BCUT2D eigenvalue weighted by atomic mass is 9.79. The van der Waals surface area contributed by atoms with Crippen LogP contribution in [0.15, 0.2) is 76.6 Å². The number of hydrogen-bond acceptors (Lipinski definition) is 1. The van der Waals surface area contributed by atoms with Gasteiger partial charge in [-0.25, -0.2) is 4.58 Å². The Balaban J connectivity index is 2.04. The van der Waals surface area contributed by atoms with Gasteiger partial charge in [0.25, 0.3) is 0 Å². The molecule has 0 amide bonds. The van der Waals surface area contributed by atoms with Crippen LogP contribution in [-0.4, -0.2) is 30.0 Å². The van der Waals surface area contributed by atoms with E-state index in [0.29, 0.717) is 0 Å². The van der Waals surface area contributed by atoms with E-state index in [1.165, 1.54) is 50.3 Å². The molecule has 0 fully saturated rings. The fourth-order valence-corrected chi connectivity index (χ4v) is 5.18. The van der Waals surface area contributed by atoms with E-state index in [0.717, 1.165) is 11.3 Å². The van der Waals surface area contributed by atoms with Gasteiger partial charge in [0.15, 0.2) is 11.3 Å². The van der Waals surface area contributed by atoms with Crippen LogP contribution >= 0.6 is 0 Å². The highest BCUT2D eigenvalue weighted by Gasteiger charge is 2.44. The van der Waals surface area contributed by atoms with Crippen molar-refractivity contribution < 1.29 is 9.31 Å². The lowest BCUT2D eigenvalue weighted by Gasteiger charge is -2.29. The highest BCUT2D eigenvalue weighted by Crippen LogP contribution is 2.52. The van der Waals surface area contributed by atoms with Crippen LogP contribution in [0.5, 0.6) is 0 Å². The second-order valence-electron chi connectivity index (χ2n) is 9.22. The Kier molecular flexibility index (Phi) is 4.85. The average Bonchev–Trinajstić information content (AvgIpc) is 2.94. The van der Waals surface area contributed by atoms with Crippen LogP contribution in [-0.2, 0) is 4.74 Å². The Morgan fingerprint density at radius 3 is 2.03 bits per heavy atom. The van der Waals surface area contributed by atoms with Gasteiger partial charge in [-0.3, -0.25) is 0 Å². The predicted molar refractivity (Wildman–Crippen MR) is 127 cm³/mol. The molecule has 0 aromatic heterocycles. The van der Waals surface area contributed by atoms with Crippen LogP contribution in [0.3, 0.4) is 0 Å². The Labute approximate surface area is 181 Å². The summed E-state index contributed by atoms with van der Waals surface area (Å²) >= 11 is 0. The van der Waals surface area contributed by atoms with Crippen molar-refractivity contribution in [1.82, 2.24) is 0 Å². The Morgan fingerprint density at radius 2 is 1.47 bits per heavy atom. The van der Waals surface area contributed by atoms with Gasteiger partial charge in [0.2, 0.25) is 0 Å². The minimum Gasteiger partial charge on any atom is -0.477 e. The van der Waals surface area contributed by atoms with E-state index in [1.807, 2.05) is 0 Å². The number of hydrogen-bond donors (Lipinski definition) is 0. The number of benzene rings is 1. The summed E-state index contributed by atoms with van der Waals surface area (Å²) < 4.78 is 8.92. The first-order valence-corrected chi connectivity index (χ1v) is 10.7. The van der Waals surface area contributed by atoms with Crippen molar-refractivity contribution in [2.75, 3.05) is 14.1 Å². The maximum Gasteiger partial charge on any atom is 0.199 e. The molecule has 1 aliphatic heterocycles. The molecule has 2 aliphatic carbocycles. The molecule has 154 valence electrons. The average molecular weight is 399 g/mol. The molecule has 0 N–H and O–H groups in total. The first-order valence-electron chi connectivity index (χ1n) is 10.7. The summed E-state index contributed by atoms with van der Waals surface area (Å²) in [6.45, 7) is 13.2.